The van der Waals surface area contributed by atoms with E-state index in [-0.39, 0.29) is 11.9 Å². The van der Waals surface area contributed by atoms with E-state index in [1.807, 2.05) is 30.1 Å². The molecule has 0 N–H and O–H groups in total. The van der Waals surface area contributed by atoms with Gasteiger partial charge in [0.2, 0.25) is 5.91 Å². The van der Waals surface area contributed by atoms with Crippen LogP contribution in [0.1, 0.15) is 48.5 Å². The Morgan fingerprint density at radius 2 is 1.97 bits per heavy atom. The van der Waals surface area contributed by atoms with E-state index in [0.717, 1.165) is 54.3 Å². The minimum Gasteiger partial charge on any atom is -0.493 e. The van der Waals surface area contributed by atoms with E-state index < -0.39 is 0 Å². The zero-order valence-electron chi connectivity index (χ0n) is 19.7. The van der Waals surface area contributed by atoms with Crippen molar-refractivity contribution in [2.24, 2.45) is 0 Å². The summed E-state index contributed by atoms with van der Waals surface area (Å²) >= 11 is 0. The van der Waals surface area contributed by atoms with Crippen molar-refractivity contribution < 1.29 is 14.3 Å². The molecule has 1 amide bonds. The maximum atomic E-state index is 12.1. The molecule has 0 radical (unpaired) electrons. The van der Waals surface area contributed by atoms with Gasteiger partial charge in [0, 0.05) is 39.0 Å². The zero-order valence-corrected chi connectivity index (χ0v) is 19.7. The van der Waals surface area contributed by atoms with Crippen LogP contribution < -0.4 is 14.4 Å². The maximum absolute atomic E-state index is 12.1. The van der Waals surface area contributed by atoms with Crippen LogP contribution in [0.25, 0.3) is 0 Å². The third kappa shape index (κ3) is 4.37. The van der Waals surface area contributed by atoms with Crippen molar-refractivity contribution in [3.05, 3.63) is 40.8 Å². The summed E-state index contributed by atoms with van der Waals surface area (Å²) in [6.07, 6.45) is 3.00. The smallest absolute Gasteiger partial charge is 0.219 e. The van der Waals surface area contributed by atoms with Crippen LogP contribution >= 0.6 is 0 Å². The number of hydrogen-bond acceptors (Lipinski definition) is 7. The van der Waals surface area contributed by atoms with Gasteiger partial charge in [0.15, 0.2) is 11.5 Å². The Morgan fingerprint density at radius 3 is 2.62 bits per heavy atom. The summed E-state index contributed by atoms with van der Waals surface area (Å²) in [6, 6.07) is 6.21. The number of likely N-dealkylation sites (tertiary alicyclic amines) is 1. The van der Waals surface area contributed by atoms with E-state index in [4.69, 9.17) is 19.4 Å². The second-order valence-electron chi connectivity index (χ2n) is 8.71. The summed E-state index contributed by atoms with van der Waals surface area (Å²) in [7, 11) is 7.48. The molecular formula is C24H33N5O3. The third-order valence-electron chi connectivity index (χ3n) is 6.55. The molecule has 0 spiro atoms. The van der Waals surface area contributed by atoms with Crippen LogP contribution in [-0.2, 0) is 24.3 Å². The average Bonchev–Trinajstić information content (AvgIpc) is 3.23. The fraction of sp³-hybridized carbons (Fsp3) is 0.542. The number of amides is 1. The SMILES string of the molecule is COc1ccc(CN(C)c2nc([C@@H]3CCCN3C)nc3c2CN(C(C)=O)CC3)cc1OC. The summed E-state index contributed by atoms with van der Waals surface area (Å²) in [5.41, 5.74) is 3.22. The summed E-state index contributed by atoms with van der Waals surface area (Å²) in [6.45, 7) is 4.61. The first kappa shape index (κ1) is 22.3. The van der Waals surface area contributed by atoms with E-state index in [2.05, 4.69) is 16.8 Å². The van der Waals surface area contributed by atoms with Gasteiger partial charge in [0.25, 0.3) is 0 Å². The molecule has 3 heterocycles. The van der Waals surface area contributed by atoms with Gasteiger partial charge >= 0.3 is 0 Å². The predicted octanol–water partition coefficient (Wildman–Crippen LogP) is 2.80. The highest BCUT2D eigenvalue weighted by molar-refractivity contribution is 5.74. The average molecular weight is 440 g/mol. The Morgan fingerprint density at radius 1 is 1.19 bits per heavy atom. The van der Waals surface area contributed by atoms with Crippen LogP contribution in [0.15, 0.2) is 18.2 Å². The number of anilines is 1. The third-order valence-corrected chi connectivity index (χ3v) is 6.55. The van der Waals surface area contributed by atoms with Gasteiger partial charge in [-0.05, 0) is 44.1 Å². The highest BCUT2D eigenvalue weighted by atomic mass is 16.5. The first-order valence-electron chi connectivity index (χ1n) is 11.2. The van der Waals surface area contributed by atoms with Crippen LogP contribution in [0.2, 0.25) is 0 Å². The van der Waals surface area contributed by atoms with Crippen LogP contribution in [0.4, 0.5) is 5.82 Å². The number of fused-ring (bicyclic) bond motifs is 1. The number of methoxy groups -OCH3 is 2. The zero-order chi connectivity index (χ0) is 22.8. The van der Waals surface area contributed by atoms with Crippen molar-refractivity contribution in [2.45, 2.75) is 45.3 Å². The number of aromatic nitrogens is 2. The molecule has 1 atom stereocenters. The van der Waals surface area contributed by atoms with Crippen molar-refractivity contribution in [1.29, 1.82) is 0 Å². The second kappa shape index (κ2) is 9.32. The number of ether oxygens (including phenoxy) is 2. The quantitative estimate of drug-likeness (QED) is 0.685. The molecule has 1 aromatic carbocycles. The Hall–Kier alpha value is -2.87. The number of benzene rings is 1. The Kier molecular flexibility index (Phi) is 6.50. The van der Waals surface area contributed by atoms with Gasteiger partial charge in [-0.1, -0.05) is 6.07 Å². The van der Waals surface area contributed by atoms with Gasteiger partial charge in [-0.3, -0.25) is 9.69 Å². The molecule has 4 rings (SSSR count). The van der Waals surface area contributed by atoms with Gasteiger partial charge in [0.05, 0.1) is 32.5 Å². The van der Waals surface area contributed by atoms with Gasteiger partial charge in [-0.25, -0.2) is 9.97 Å². The van der Waals surface area contributed by atoms with Gasteiger partial charge < -0.3 is 19.3 Å². The van der Waals surface area contributed by atoms with Gasteiger partial charge in [0.1, 0.15) is 11.6 Å². The number of carbonyl (C=O) groups is 1. The summed E-state index contributed by atoms with van der Waals surface area (Å²) in [5.74, 6) is 3.31. The van der Waals surface area contributed by atoms with Crippen molar-refractivity contribution >= 4 is 11.7 Å². The predicted molar refractivity (Wildman–Crippen MR) is 123 cm³/mol. The molecule has 32 heavy (non-hydrogen) atoms. The van der Waals surface area contributed by atoms with Crippen molar-refractivity contribution in [3.8, 4) is 11.5 Å². The van der Waals surface area contributed by atoms with Crippen LogP contribution in [0, 0.1) is 0 Å². The van der Waals surface area contributed by atoms with Crippen LogP contribution in [0.3, 0.4) is 0 Å². The largest absolute Gasteiger partial charge is 0.493 e. The van der Waals surface area contributed by atoms with Gasteiger partial charge in [-0.15, -0.1) is 0 Å². The molecule has 0 unspecified atom stereocenters. The Bertz CT molecular complexity index is 996. The van der Waals surface area contributed by atoms with Crippen LogP contribution in [-0.4, -0.2) is 67.1 Å². The molecular weight excluding hydrogens is 406 g/mol. The second-order valence-corrected chi connectivity index (χ2v) is 8.71. The lowest BCUT2D eigenvalue weighted by Crippen LogP contribution is -2.37. The summed E-state index contributed by atoms with van der Waals surface area (Å²) in [5, 5.41) is 0. The molecule has 0 saturated carbocycles. The fourth-order valence-corrected chi connectivity index (χ4v) is 4.71. The molecule has 8 nitrogen and oxygen atoms in total. The molecule has 0 bridgehead atoms. The summed E-state index contributed by atoms with van der Waals surface area (Å²) < 4.78 is 10.8. The molecule has 1 aromatic heterocycles. The number of carbonyl (C=O) groups excluding carboxylic acids is 1. The first-order valence-corrected chi connectivity index (χ1v) is 11.2. The molecule has 8 heteroatoms. The van der Waals surface area contributed by atoms with E-state index in [1.54, 1.807) is 21.1 Å². The normalized spacial score (nSPS) is 18.4. The summed E-state index contributed by atoms with van der Waals surface area (Å²) in [4.78, 5) is 28.5. The lowest BCUT2D eigenvalue weighted by molar-refractivity contribution is -0.129. The molecule has 0 aliphatic carbocycles. The van der Waals surface area contributed by atoms with Crippen molar-refractivity contribution in [3.63, 3.8) is 0 Å². The Balaban J connectivity index is 1.69. The van der Waals surface area contributed by atoms with E-state index in [0.29, 0.717) is 31.1 Å². The maximum Gasteiger partial charge on any atom is 0.219 e. The lowest BCUT2D eigenvalue weighted by Gasteiger charge is -2.32. The molecule has 1 saturated heterocycles. The first-order chi connectivity index (χ1) is 15.4. The molecule has 2 aromatic rings. The molecule has 172 valence electrons. The van der Waals surface area contributed by atoms with Crippen molar-refractivity contribution in [1.82, 2.24) is 19.8 Å². The number of nitrogens with zero attached hydrogens (tertiary/aromatic N) is 5. The van der Waals surface area contributed by atoms with E-state index in [9.17, 15) is 4.79 Å². The van der Waals surface area contributed by atoms with Gasteiger partial charge in [-0.2, -0.15) is 0 Å². The molecule has 2 aliphatic rings. The minimum absolute atomic E-state index is 0.0868. The number of rotatable bonds is 6. The topological polar surface area (TPSA) is 71.0 Å². The Labute approximate surface area is 190 Å². The highest BCUT2D eigenvalue weighted by Gasteiger charge is 2.30. The standard InChI is InChI=1S/C24H33N5O3/c1-16(30)29-12-10-19-18(15-29)24(26-23(25-19)20-7-6-11-27(20)2)28(3)14-17-8-9-21(31-4)22(13-17)32-5/h8-9,13,20H,6-7,10-12,14-15H2,1-5H3/t20-/m0/s1. The fourth-order valence-electron chi connectivity index (χ4n) is 4.71. The van der Waals surface area contributed by atoms with Crippen LogP contribution in [0.5, 0.6) is 11.5 Å². The molecule has 1 fully saturated rings. The number of hydrogen-bond donors (Lipinski definition) is 0. The molecule has 2 aliphatic heterocycles. The van der Waals surface area contributed by atoms with E-state index >= 15 is 0 Å². The monoisotopic (exact) mass is 439 g/mol. The highest BCUT2D eigenvalue weighted by Crippen LogP contribution is 2.34. The lowest BCUT2D eigenvalue weighted by atomic mass is 10.0. The van der Waals surface area contributed by atoms with Crippen molar-refractivity contribution in [2.75, 3.05) is 46.3 Å². The minimum atomic E-state index is 0.0868. The van der Waals surface area contributed by atoms with E-state index in [1.165, 1.54) is 0 Å².